The fourth-order valence-electron chi connectivity index (χ4n) is 1.56. The highest BCUT2D eigenvalue weighted by atomic mass is 32.2. The van der Waals surface area contributed by atoms with Crippen LogP contribution in [0, 0.1) is 0 Å². The molecule has 0 unspecified atom stereocenters. The van der Waals surface area contributed by atoms with Crippen LogP contribution in [-0.2, 0) is 9.53 Å². The van der Waals surface area contributed by atoms with Gasteiger partial charge in [0, 0.05) is 6.04 Å². The molecule has 1 saturated carbocycles. The van der Waals surface area contributed by atoms with Crippen LogP contribution in [0.1, 0.15) is 39.7 Å². The molecule has 0 bridgehead atoms. The first-order valence-corrected chi connectivity index (χ1v) is 6.90. The predicted molar refractivity (Wildman–Crippen MR) is 69.3 cm³/mol. The SMILES string of the molecule is CC(C)(C)OC(=O)CSc1nnc(N)n1C1CC1. The molecule has 6 nitrogen and oxygen atoms in total. The molecule has 0 aromatic carbocycles. The number of rotatable bonds is 4. The van der Waals surface area contributed by atoms with E-state index < -0.39 is 5.60 Å². The first-order valence-electron chi connectivity index (χ1n) is 5.92. The quantitative estimate of drug-likeness (QED) is 0.661. The van der Waals surface area contributed by atoms with E-state index in [1.807, 2.05) is 25.3 Å². The van der Waals surface area contributed by atoms with Gasteiger partial charge in [-0.15, -0.1) is 10.2 Å². The number of carbonyl (C=O) groups excluding carboxylic acids is 1. The summed E-state index contributed by atoms with van der Waals surface area (Å²) in [7, 11) is 0. The number of thioether (sulfide) groups is 1. The molecule has 1 aliphatic rings. The Labute approximate surface area is 110 Å². The molecule has 0 amide bonds. The fourth-order valence-corrected chi connectivity index (χ4v) is 2.34. The number of hydrogen-bond acceptors (Lipinski definition) is 6. The third-order valence-electron chi connectivity index (χ3n) is 2.34. The van der Waals surface area contributed by atoms with Gasteiger partial charge in [0.05, 0.1) is 5.75 Å². The molecule has 2 rings (SSSR count). The smallest absolute Gasteiger partial charge is 0.316 e. The Morgan fingerprint density at radius 1 is 1.50 bits per heavy atom. The van der Waals surface area contributed by atoms with Crippen LogP contribution in [0.4, 0.5) is 5.95 Å². The van der Waals surface area contributed by atoms with Crippen LogP contribution in [0.15, 0.2) is 5.16 Å². The summed E-state index contributed by atoms with van der Waals surface area (Å²) in [5.74, 6) is 0.392. The van der Waals surface area contributed by atoms with E-state index in [9.17, 15) is 4.79 Å². The van der Waals surface area contributed by atoms with Crippen LogP contribution in [-0.4, -0.2) is 32.1 Å². The molecular formula is C11H18N4O2S. The van der Waals surface area contributed by atoms with Gasteiger partial charge in [-0.2, -0.15) is 0 Å². The Hall–Kier alpha value is -1.24. The Morgan fingerprint density at radius 3 is 2.72 bits per heavy atom. The van der Waals surface area contributed by atoms with E-state index in [0.29, 0.717) is 17.1 Å². The topological polar surface area (TPSA) is 83.0 Å². The van der Waals surface area contributed by atoms with Gasteiger partial charge in [0.1, 0.15) is 5.60 Å². The number of hydrogen-bond donors (Lipinski definition) is 1. The number of nitrogens with zero attached hydrogens (tertiary/aromatic N) is 3. The number of anilines is 1. The lowest BCUT2D eigenvalue weighted by molar-refractivity contribution is -0.151. The number of aromatic nitrogens is 3. The lowest BCUT2D eigenvalue weighted by atomic mass is 10.2. The molecule has 100 valence electrons. The summed E-state index contributed by atoms with van der Waals surface area (Å²) in [4.78, 5) is 11.6. The Morgan fingerprint density at radius 2 is 2.17 bits per heavy atom. The zero-order valence-electron chi connectivity index (χ0n) is 10.8. The maximum atomic E-state index is 11.6. The Balaban J connectivity index is 1.92. The van der Waals surface area contributed by atoms with Crippen molar-refractivity contribution in [3.05, 3.63) is 0 Å². The monoisotopic (exact) mass is 270 g/mol. The summed E-state index contributed by atoms with van der Waals surface area (Å²) in [6, 6.07) is 0.404. The van der Waals surface area contributed by atoms with Crippen LogP contribution in [0.2, 0.25) is 0 Å². The Bertz CT molecular complexity index is 448. The van der Waals surface area contributed by atoms with Crippen molar-refractivity contribution in [3.63, 3.8) is 0 Å². The largest absolute Gasteiger partial charge is 0.459 e. The molecule has 18 heavy (non-hydrogen) atoms. The van der Waals surface area contributed by atoms with Crippen molar-refractivity contribution in [2.24, 2.45) is 0 Å². The van der Waals surface area contributed by atoms with Gasteiger partial charge in [-0.05, 0) is 33.6 Å². The van der Waals surface area contributed by atoms with Gasteiger partial charge in [-0.3, -0.25) is 9.36 Å². The maximum absolute atomic E-state index is 11.6. The second kappa shape index (κ2) is 4.79. The molecule has 0 atom stereocenters. The molecular weight excluding hydrogens is 252 g/mol. The normalized spacial score (nSPS) is 15.7. The van der Waals surface area contributed by atoms with Crippen LogP contribution >= 0.6 is 11.8 Å². The summed E-state index contributed by atoms with van der Waals surface area (Å²) in [5, 5.41) is 8.53. The van der Waals surface area contributed by atoms with E-state index in [1.165, 1.54) is 11.8 Å². The average Bonchev–Trinajstić information content (AvgIpc) is 2.98. The minimum Gasteiger partial charge on any atom is -0.459 e. The second-order valence-corrected chi connectivity index (χ2v) is 6.26. The van der Waals surface area contributed by atoms with Crippen molar-refractivity contribution < 1.29 is 9.53 Å². The molecule has 1 aromatic heterocycles. The van der Waals surface area contributed by atoms with E-state index in [0.717, 1.165) is 12.8 Å². The fraction of sp³-hybridized carbons (Fsp3) is 0.727. The molecule has 0 aliphatic heterocycles. The van der Waals surface area contributed by atoms with Crippen LogP contribution < -0.4 is 5.73 Å². The standard InChI is InChI=1S/C11H18N4O2S/c1-11(2,3)17-8(16)6-18-10-14-13-9(12)15(10)7-4-5-7/h7H,4-6H2,1-3H3,(H2,12,13). The Kier molecular flexibility index (Phi) is 3.52. The van der Waals surface area contributed by atoms with Crippen molar-refractivity contribution >= 4 is 23.7 Å². The number of nitrogen functional groups attached to an aromatic ring is 1. The van der Waals surface area contributed by atoms with E-state index >= 15 is 0 Å². The van der Waals surface area contributed by atoms with Crippen molar-refractivity contribution in [3.8, 4) is 0 Å². The van der Waals surface area contributed by atoms with Crippen LogP contribution in [0.3, 0.4) is 0 Å². The predicted octanol–water partition coefficient (Wildman–Crippen LogP) is 1.63. The summed E-state index contributed by atoms with van der Waals surface area (Å²) in [6.45, 7) is 5.54. The molecule has 7 heteroatoms. The number of carbonyl (C=O) groups is 1. The number of ether oxygens (including phenoxy) is 1. The maximum Gasteiger partial charge on any atom is 0.316 e. The third kappa shape index (κ3) is 3.38. The first-order chi connectivity index (χ1) is 8.37. The summed E-state index contributed by atoms with van der Waals surface area (Å²) >= 11 is 1.32. The van der Waals surface area contributed by atoms with Gasteiger partial charge in [-0.25, -0.2) is 0 Å². The van der Waals surface area contributed by atoms with Crippen molar-refractivity contribution in [1.82, 2.24) is 14.8 Å². The molecule has 1 aliphatic carbocycles. The summed E-state index contributed by atoms with van der Waals surface area (Å²) in [6.07, 6.45) is 2.20. The van der Waals surface area contributed by atoms with E-state index in [-0.39, 0.29) is 11.7 Å². The van der Waals surface area contributed by atoms with Gasteiger partial charge >= 0.3 is 5.97 Å². The molecule has 0 saturated heterocycles. The van der Waals surface area contributed by atoms with Gasteiger partial charge in [0.2, 0.25) is 5.95 Å². The average molecular weight is 270 g/mol. The highest BCUT2D eigenvalue weighted by Crippen LogP contribution is 2.39. The molecule has 0 radical (unpaired) electrons. The molecule has 1 heterocycles. The van der Waals surface area contributed by atoms with Crippen LogP contribution in [0.25, 0.3) is 0 Å². The molecule has 2 N–H and O–H groups in total. The summed E-state index contributed by atoms with van der Waals surface area (Å²) < 4.78 is 7.13. The van der Waals surface area contributed by atoms with Crippen molar-refractivity contribution in [2.75, 3.05) is 11.5 Å². The lowest BCUT2D eigenvalue weighted by Gasteiger charge is -2.19. The summed E-state index contributed by atoms with van der Waals surface area (Å²) in [5.41, 5.74) is 5.29. The minimum atomic E-state index is -0.458. The van der Waals surface area contributed by atoms with E-state index in [1.54, 1.807) is 0 Å². The second-order valence-electron chi connectivity index (χ2n) is 5.32. The highest BCUT2D eigenvalue weighted by Gasteiger charge is 2.29. The highest BCUT2D eigenvalue weighted by molar-refractivity contribution is 7.99. The molecule has 1 aromatic rings. The van der Waals surface area contributed by atoms with Gasteiger partial charge in [-0.1, -0.05) is 11.8 Å². The molecule has 0 spiro atoms. The first kappa shape index (κ1) is 13.2. The lowest BCUT2D eigenvalue weighted by Crippen LogP contribution is -2.25. The zero-order valence-corrected chi connectivity index (χ0v) is 11.7. The number of esters is 1. The third-order valence-corrected chi connectivity index (χ3v) is 3.26. The van der Waals surface area contributed by atoms with E-state index in [4.69, 9.17) is 10.5 Å². The minimum absolute atomic E-state index is 0.224. The number of nitrogens with two attached hydrogens (primary N) is 1. The van der Waals surface area contributed by atoms with Gasteiger partial charge < -0.3 is 10.5 Å². The molecule has 1 fully saturated rings. The van der Waals surface area contributed by atoms with Crippen molar-refractivity contribution in [1.29, 1.82) is 0 Å². The zero-order chi connectivity index (χ0) is 13.3. The van der Waals surface area contributed by atoms with E-state index in [2.05, 4.69) is 10.2 Å². The van der Waals surface area contributed by atoms with Crippen LogP contribution in [0.5, 0.6) is 0 Å². The van der Waals surface area contributed by atoms with Gasteiger partial charge in [0.25, 0.3) is 0 Å². The van der Waals surface area contributed by atoms with Gasteiger partial charge in [0.15, 0.2) is 5.16 Å². The van der Waals surface area contributed by atoms with Crippen molar-refractivity contribution in [2.45, 2.75) is 50.4 Å².